The van der Waals surface area contributed by atoms with Crippen LogP contribution in [-0.2, 0) is 18.3 Å². The van der Waals surface area contributed by atoms with Crippen LogP contribution in [0.25, 0.3) is 28.0 Å². The molecule has 1 saturated heterocycles. The fourth-order valence-corrected chi connectivity index (χ4v) is 5.38. The van der Waals surface area contributed by atoms with Crippen molar-refractivity contribution in [3.8, 4) is 0 Å². The van der Waals surface area contributed by atoms with E-state index in [0.29, 0.717) is 34.9 Å². The van der Waals surface area contributed by atoms with Crippen molar-refractivity contribution in [2.45, 2.75) is 13.5 Å². The van der Waals surface area contributed by atoms with Crippen LogP contribution in [0.5, 0.6) is 0 Å². The van der Waals surface area contributed by atoms with Crippen LogP contribution in [0.15, 0.2) is 42.0 Å². The summed E-state index contributed by atoms with van der Waals surface area (Å²) in [7, 11) is 1.86. The van der Waals surface area contributed by atoms with Crippen LogP contribution >= 0.6 is 11.3 Å². The third-order valence-corrected chi connectivity index (χ3v) is 7.24. The Bertz CT molecular complexity index is 1520. The Labute approximate surface area is 206 Å². The number of aromatic nitrogens is 4. The van der Waals surface area contributed by atoms with E-state index in [1.54, 1.807) is 24.5 Å². The smallest absolute Gasteiger partial charge is 0.258 e. The number of carbonyl (C=O) groups excluding carboxylic acids is 1. The summed E-state index contributed by atoms with van der Waals surface area (Å²) in [6, 6.07) is 3.61. The Morgan fingerprint density at radius 2 is 2.11 bits per heavy atom. The van der Waals surface area contributed by atoms with E-state index in [-0.39, 0.29) is 17.5 Å². The van der Waals surface area contributed by atoms with Gasteiger partial charge in [0.05, 0.1) is 35.7 Å². The number of hydrogen-bond acceptors (Lipinski definition) is 7. The lowest BCUT2D eigenvalue weighted by atomic mass is 10.1. The van der Waals surface area contributed by atoms with Crippen LogP contribution in [-0.4, -0.2) is 51.1 Å². The van der Waals surface area contributed by atoms with E-state index in [0.717, 1.165) is 29.5 Å². The summed E-state index contributed by atoms with van der Waals surface area (Å²) < 4.78 is 9.20. The average molecular weight is 491 g/mol. The number of nitrogens with zero attached hydrogens (tertiary/aromatic N) is 5. The van der Waals surface area contributed by atoms with Crippen LogP contribution in [0.3, 0.4) is 0 Å². The largest absolute Gasteiger partial charge is 0.378 e. The van der Waals surface area contributed by atoms with E-state index in [1.165, 1.54) is 11.3 Å². The molecule has 5 rings (SSSR count). The van der Waals surface area contributed by atoms with E-state index in [9.17, 15) is 9.59 Å². The molecular formula is C25H26N6O3S. The molecule has 180 valence electrons. The minimum absolute atomic E-state index is 0.0940. The Morgan fingerprint density at radius 1 is 1.31 bits per heavy atom. The molecular weight excluding hydrogens is 464 g/mol. The van der Waals surface area contributed by atoms with Gasteiger partial charge in [-0.3, -0.25) is 14.0 Å². The van der Waals surface area contributed by atoms with E-state index in [2.05, 4.69) is 21.8 Å². The van der Waals surface area contributed by atoms with Gasteiger partial charge in [-0.1, -0.05) is 12.7 Å². The number of thiazole rings is 1. The highest BCUT2D eigenvalue weighted by Crippen LogP contribution is 2.31. The van der Waals surface area contributed by atoms with Crippen molar-refractivity contribution < 1.29 is 9.53 Å². The SMILES string of the molecule is C=Cc1sc2c(C(=O)NCc3nccn3C)c(=O)c3ccc(N4CCOCC4)nc3n2c1/C=C\C. The highest BCUT2D eigenvalue weighted by molar-refractivity contribution is 7.19. The van der Waals surface area contributed by atoms with Crippen molar-refractivity contribution in [3.05, 3.63) is 69.4 Å². The zero-order valence-electron chi connectivity index (χ0n) is 19.7. The van der Waals surface area contributed by atoms with Crippen molar-refractivity contribution in [3.63, 3.8) is 0 Å². The molecule has 0 atom stereocenters. The number of morpholine rings is 1. The lowest BCUT2D eigenvalue weighted by molar-refractivity contribution is 0.0950. The highest BCUT2D eigenvalue weighted by atomic mass is 32.1. The van der Waals surface area contributed by atoms with Crippen molar-refractivity contribution in [1.82, 2.24) is 24.3 Å². The van der Waals surface area contributed by atoms with Crippen LogP contribution < -0.4 is 15.6 Å². The molecule has 0 unspecified atom stereocenters. The number of ether oxygens (including phenoxy) is 1. The summed E-state index contributed by atoms with van der Waals surface area (Å²) in [5.41, 5.74) is 1.10. The molecule has 1 fully saturated rings. The van der Waals surface area contributed by atoms with Crippen molar-refractivity contribution in [1.29, 1.82) is 0 Å². The number of hydrogen-bond donors (Lipinski definition) is 1. The summed E-state index contributed by atoms with van der Waals surface area (Å²) in [4.78, 5) is 39.7. The molecule has 9 nitrogen and oxygen atoms in total. The number of amides is 1. The Balaban J connectivity index is 1.72. The first-order valence-corrected chi connectivity index (χ1v) is 12.2. The fourth-order valence-electron chi connectivity index (χ4n) is 4.26. The quantitative estimate of drug-likeness (QED) is 0.447. The lowest BCUT2D eigenvalue weighted by Crippen LogP contribution is -2.37. The number of pyridine rings is 2. The second-order valence-corrected chi connectivity index (χ2v) is 9.21. The summed E-state index contributed by atoms with van der Waals surface area (Å²) in [5, 5.41) is 3.26. The molecule has 1 aliphatic heterocycles. The van der Waals surface area contributed by atoms with E-state index in [4.69, 9.17) is 9.72 Å². The molecule has 10 heteroatoms. The standard InChI is InChI=1S/C25H26N6O3S/c1-4-6-17-18(5-2)35-25-21(24(33)27-15-20-26-9-10-29(20)3)22(32)16-7-8-19(28-23(16)31(17)25)30-11-13-34-14-12-30/h4-10H,2,11-15H2,1,3H3,(H,27,33)/b6-4-. The molecule has 0 radical (unpaired) electrons. The van der Waals surface area contributed by atoms with Gasteiger partial charge in [0.2, 0.25) is 5.43 Å². The van der Waals surface area contributed by atoms with Gasteiger partial charge in [0.1, 0.15) is 22.0 Å². The Hall–Kier alpha value is -3.76. The van der Waals surface area contributed by atoms with Gasteiger partial charge in [-0.25, -0.2) is 9.97 Å². The predicted octanol–water partition coefficient (Wildman–Crippen LogP) is 3.09. The van der Waals surface area contributed by atoms with Gasteiger partial charge in [-0.2, -0.15) is 0 Å². The molecule has 0 bridgehead atoms. The molecule has 0 aliphatic carbocycles. The monoisotopic (exact) mass is 490 g/mol. The van der Waals surface area contributed by atoms with Crippen molar-refractivity contribution >= 4 is 51.1 Å². The predicted molar refractivity (Wildman–Crippen MR) is 139 cm³/mol. The van der Waals surface area contributed by atoms with Crippen molar-refractivity contribution in [2.24, 2.45) is 7.05 Å². The molecule has 0 aromatic carbocycles. The van der Waals surface area contributed by atoms with E-state index in [1.807, 2.05) is 41.2 Å². The first-order valence-electron chi connectivity index (χ1n) is 11.4. The maximum Gasteiger partial charge on any atom is 0.258 e. The topological polar surface area (TPSA) is 93.8 Å². The Morgan fingerprint density at radius 3 is 2.80 bits per heavy atom. The van der Waals surface area contributed by atoms with Crippen LogP contribution in [0.4, 0.5) is 5.82 Å². The molecule has 4 aromatic heterocycles. The maximum atomic E-state index is 13.7. The van der Waals surface area contributed by atoms with Gasteiger partial charge in [0, 0.05) is 32.5 Å². The van der Waals surface area contributed by atoms with E-state index < -0.39 is 5.91 Å². The van der Waals surface area contributed by atoms with E-state index >= 15 is 0 Å². The number of allylic oxidation sites excluding steroid dienone is 1. The van der Waals surface area contributed by atoms with Gasteiger partial charge >= 0.3 is 0 Å². The molecule has 0 saturated carbocycles. The molecule has 4 aromatic rings. The maximum absolute atomic E-state index is 13.7. The zero-order chi connectivity index (χ0) is 24.5. The van der Waals surface area contributed by atoms with Gasteiger partial charge < -0.3 is 19.5 Å². The van der Waals surface area contributed by atoms with Gasteiger partial charge in [0.15, 0.2) is 5.65 Å². The molecule has 5 heterocycles. The average Bonchev–Trinajstić information content (AvgIpc) is 3.46. The summed E-state index contributed by atoms with van der Waals surface area (Å²) >= 11 is 1.35. The summed E-state index contributed by atoms with van der Waals surface area (Å²) in [5.74, 6) is 1.03. The van der Waals surface area contributed by atoms with Gasteiger partial charge in [0.25, 0.3) is 5.91 Å². The third kappa shape index (κ3) is 4.04. The number of rotatable bonds is 6. The Kier molecular flexibility index (Phi) is 6.23. The number of aryl methyl sites for hydroxylation is 1. The minimum atomic E-state index is -0.446. The number of imidazole rings is 1. The number of fused-ring (bicyclic) bond motifs is 3. The van der Waals surface area contributed by atoms with Crippen LogP contribution in [0.2, 0.25) is 0 Å². The summed E-state index contributed by atoms with van der Waals surface area (Å²) in [6.07, 6.45) is 9.08. The minimum Gasteiger partial charge on any atom is -0.378 e. The molecule has 1 amide bonds. The highest BCUT2D eigenvalue weighted by Gasteiger charge is 2.24. The van der Waals surface area contributed by atoms with Crippen LogP contribution in [0.1, 0.15) is 33.7 Å². The molecule has 1 N–H and O–H groups in total. The third-order valence-electron chi connectivity index (χ3n) is 6.06. The number of anilines is 1. The normalized spacial score (nSPS) is 14.3. The second kappa shape index (κ2) is 9.47. The number of nitrogens with one attached hydrogen (secondary N) is 1. The first-order chi connectivity index (χ1) is 17.0. The molecule has 1 aliphatic rings. The second-order valence-electron chi connectivity index (χ2n) is 8.18. The molecule has 35 heavy (non-hydrogen) atoms. The molecule has 0 spiro atoms. The van der Waals surface area contributed by atoms with Gasteiger partial charge in [-0.05, 0) is 31.2 Å². The van der Waals surface area contributed by atoms with Crippen molar-refractivity contribution in [2.75, 3.05) is 31.2 Å². The first kappa shape index (κ1) is 23.0. The van der Waals surface area contributed by atoms with Gasteiger partial charge in [-0.15, -0.1) is 11.3 Å². The number of carbonyl (C=O) groups is 1. The zero-order valence-corrected chi connectivity index (χ0v) is 20.5. The fraction of sp³-hybridized carbons (Fsp3) is 0.280. The summed E-state index contributed by atoms with van der Waals surface area (Å²) in [6.45, 7) is 8.81. The van der Waals surface area contributed by atoms with Crippen LogP contribution in [0, 0.1) is 0 Å². The lowest BCUT2D eigenvalue weighted by Gasteiger charge is -2.28.